The van der Waals surface area contributed by atoms with Crippen molar-refractivity contribution in [1.29, 1.82) is 0 Å². The molecule has 0 amide bonds. The fraction of sp³-hybridized carbons (Fsp3) is 0.526. The number of rotatable bonds is 5. The fourth-order valence-corrected chi connectivity index (χ4v) is 3.66. The molecule has 0 bridgehead atoms. The summed E-state index contributed by atoms with van der Waals surface area (Å²) in [6.07, 6.45) is -4.60. The Balaban J connectivity index is 0.000000512. The lowest BCUT2D eigenvalue weighted by atomic mass is 9.98. The minimum absolute atomic E-state index is 0.132. The van der Waals surface area contributed by atoms with Crippen LogP contribution in [0.2, 0.25) is 0 Å². The predicted molar refractivity (Wildman–Crippen MR) is 115 cm³/mol. The SMILES string of the molecule is NOCOC(=O)C1=Cc2cc(Br)cc(C(O)(O)O)c2OC1C(F)(F)F.OCC1CCCNC1.[NH3+]O. The molecule has 2 aliphatic heterocycles. The van der Waals surface area contributed by atoms with E-state index in [4.69, 9.17) is 15.1 Å². The minimum atomic E-state index is -5.04. The number of carbonyl (C=O) groups excluding carboxylic acids is 1. The summed E-state index contributed by atoms with van der Waals surface area (Å²) < 4.78 is 49.1. The third-order valence-electron chi connectivity index (χ3n) is 4.72. The number of aliphatic hydroxyl groups is 4. The topological polar surface area (TPSA) is 212 Å². The van der Waals surface area contributed by atoms with E-state index in [1.54, 1.807) is 0 Å². The zero-order valence-corrected chi connectivity index (χ0v) is 19.9. The number of alkyl halides is 3. The molecule has 12 nitrogen and oxygen atoms in total. The molecule has 1 aromatic rings. The van der Waals surface area contributed by atoms with E-state index in [9.17, 15) is 33.3 Å². The summed E-state index contributed by atoms with van der Waals surface area (Å²) >= 11 is 2.99. The average molecular weight is 579 g/mol. The van der Waals surface area contributed by atoms with E-state index in [1.165, 1.54) is 18.9 Å². The number of esters is 1. The molecule has 2 heterocycles. The van der Waals surface area contributed by atoms with Crippen LogP contribution in [-0.4, -0.2) is 70.4 Å². The van der Waals surface area contributed by atoms with Crippen LogP contribution in [0.15, 0.2) is 22.2 Å². The van der Waals surface area contributed by atoms with Crippen molar-refractivity contribution in [2.45, 2.75) is 31.1 Å². The van der Waals surface area contributed by atoms with E-state index >= 15 is 0 Å². The van der Waals surface area contributed by atoms with Crippen molar-refractivity contribution in [2.24, 2.45) is 11.8 Å². The summed E-state index contributed by atoms with van der Waals surface area (Å²) in [7, 11) is 0. The molecule has 2 atom stereocenters. The number of nitrogens with one attached hydrogen (secondary N) is 1. The maximum Gasteiger partial charge on any atom is 0.430 e. The van der Waals surface area contributed by atoms with E-state index in [0.29, 0.717) is 12.5 Å². The molecule has 3 rings (SSSR count). The van der Waals surface area contributed by atoms with Crippen LogP contribution >= 0.6 is 15.9 Å². The summed E-state index contributed by atoms with van der Waals surface area (Å²) in [5.74, 6) is 1.90. The number of hydrogen-bond acceptors (Lipinski definition) is 11. The maximum atomic E-state index is 13.2. The van der Waals surface area contributed by atoms with E-state index < -0.39 is 47.9 Å². The third-order valence-corrected chi connectivity index (χ3v) is 5.18. The van der Waals surface area contributed by atoms with Gasteiger partial charge in [-0.2, -0.15) is 13.2 Å². The molecule has 0 radical (unpaired) electrons. The van der Waals surface area contributed by atoms with Gasteiger partial charge in [0.25, 0.3) is 0 Å². The van der Waals surface area contributed by atoms with Gasteiger partial charge in [-0.1, -0.05) is 15.9 Å². The van der Waals surface area contributed by atoms with Crippen molar-refractivity contribution in [1.82, 2.24) is 5.32 Å². The average Bonchev–Trinajstić information content (AvgIpc) is 2.82. The molecular formula is C19H28BrF3N3O9+. The fourth-order valence-electron chi connectivity index (χ4n) is 3.19. The van der Waals surface area contributed by atoms with Gasteiger partial charge in [0.15, 0.2) is 0 Å². The quantitative estimate of drug-likeness (QED) is 0.123. The van der Waals surface area contributed by atoms with Crippen LogP contribution in [-0.2, 0) is 20.3 Å². The largest absolute Gasteiger partial charge is 0.475 e. The Kier molecular flexibility index (Phi) is 12.5. The Bertz CT molecular complexity index is 860. The molecular weight excluding hydrogens is 551 g/mol. The summed E-state index contributed by atoms with van der Waals surface area (Å²) in [6.45, 7) is 1.71. The normalized spacial score (nSPS) is 19.6. The Morgan fingerprint density at radius 2 is 1.94 bits per heavy atom. The standard InChI is InChI=1S/C13H11BrF3NO7.C6H13NO.H4NO/c14-6-1-5-2-7(11(19)23-4-24-18)10(12(15,16)17)25-9(5)8(3-6)13(20,21)22;8-5-6-2-1-3-7-4-6;1-2/h1-3,10,20-22H,4,18H2;6-8H,1-5H2;2H,1H3/q;;+1. The van der Waals surface area contributed by atoms with Gasteiger partial charge in [-0.05, 0) is 43.5 Å². The van der Waals surface area contributed by atoms with Gasteiger partial charge in [0, 0.05) is 23.2 Å². The van der Waals surface area contributed by atoms with Gasteiger partial charge in [-0.3, -0.25) is 4.84 Å². The first kappa shape index (κ1) is 31.2. The second-order valence-corrected chi connectivity index (χ2v) is 8.17. The first-order valence-corrected chi connectivity index (χ1v) is 10.8. The second-order valence-electron chi connectivity index (χ2n) is 7.26. The zero-order chi connectivity index (χ0) is 26.8. The Morgan fingerprint density at radius 3 is 2.40 bits per heavy atom. The number of carbonyl (C=O) groups is 1. The number of halogens is 4. The van der Waals surface area contributed by atoms with Gasteiger partial charge in [0.1, 0.15) is 5.75 Å². The molecule has 2 aliphatic rings. The van der Waals surface area contributed by atoms with Crippen molar-refractivity contribution in [3.63, 3.8) is 0 Å². The molecule has 0 saturated carbocycles. The van der Waals surface area contributed by atoms with Gasteiger partial charge in [0.05, 0.1) is 11.1 Å². The number of ether oxygens (including phenoxy) is 2. The van der Waals surface area contributed by atoms with Crippen molar-refractivity contribution >= 4 is 28.0 Å². The van der Waals surface area contributed by atoms with Gasteiger partial charge < -0.3 is 35.2 Å². The van der Waals surface area contributed by atoms with E-state index in [1.807, 2.05) is 0 Å². The molecule has 11 N–H and O–H groups in total. The maximum absolute atomic E-state index is 13.2. The van der Waals surface area contributed by atoms with Crippen LogP contribution < -0.4 is 21.8 Å². The molecule has 0 aliphatic carbocycles. The molecule has 0 aromatic heterocycles. The summed E-state index contributed by atoms with van der Waals surface area (Å²) in [6, 6.07) is 2.19. The van der Waals surface area contributed by atoms with Crippen molar-refractivity contribution in [3.8, 4) is 5.75 Å². The van der Waals surface area contributed by atoms with E-state index in [0.717, 1.165) is 25.2 Å². The highest BCUT2D eigenvalue weighted by Gasteiger charge is 2.50. The van der Waals surface area contributed by atoms with Crippen molar-refractivity contribution < 1.29 is 63.8 Å². The van der Waals surface area contributed by atoms with Gasteiger partial charge in [-0.25, -0.2) is 21.8 Å². The van der Waals surface area contributed by atoms with Crippen LogP contribution in [0.5, 0.6) is 5.75 Å². The monoisotopic (exact) mass is 578 g/mol. The lowest BCUT2D eigenvalue weighted by Gasteiger charge is -2.30. The molecule has 200 valence electrons. The highest BCUT2D eigenvalue weighted by Crippen LogP contribution is 2.42. The van der Waals surface area contributed by atoms with Crippen LogP contribution in [0.4, 0.5) is 13.2 Å². The molecule has 1 saturated heterocycles. The predicted octanol–water partition coefficient (Wildman–Crippen LogP) is -0.770. The summed E-state index contributed by atoms with van der Waals surface area (Å²) in [4.78, 5) is 15.8. The third kappa shape index (κ3) is 9.26. The number of nitrogens with two attached hydrogens (primary N) is 1. The number of benzene rings is 1. The zero-order valence-electron chi connectivity index (χ0n) is 18.3. The van der Waals surface area contributed by atoms with Crippen LogP contribution in [0.1, 0.15) is 24.0 Å². The Morgan fingerprint density at radius 1 is 1.29 bits per heavy atom. The number of fused-ring (bicyclic) bond motifs is 1. The first-order chi connectivity index (χ1) is 16.4. The molecule has 35 heavy (non-hydrogen) atoms. The van der Waals surface area contributed by atoms with Gasteiger partial charge in [-0.15, -0.1) is 0 Å². The van der Waals surface area contributed by atoms with Crippen LogP contribution in [0.3, 0.4) is 0 Å². The van der Waals surface area contributed by atoms with Crippen LogP contribution in [0.25, 0.3) is 6.08 Å². The first-order valence-electron chi connectivity index (χ1n) is 9.96. The minimum Gasteiger partial charge on any atom is -0.475 e. The summed E-state index contributed by atoms with van der Waals surface area (Å²) in [5.41, 5.74) is -1.80. The highest BCUT2D eigenvalue weighted by molar-refractivity contribution is 9.10. The molecule has 2 unspecified atom stereocenters. The van der Waals surface area contributed by atoms with E-state index in [-0.39, 0.29) is 10.0 Å². The number of aliphatic hydroxyl groups excluding tert-OH is 1. The van der Waals surface area contributed by atoms with Gasteiger partial charge in [0.2, 0.25) is 12.9 Å². The number of piperidine rings is 1. The van der Waals surface area contributed by atoms with Crippen molar-refractivity contribution in [3.05, 3.63) is 33.3 Å². The summed E-state index contributed by atoms with van der Waals surface area (Å²) in [5, 5.41) is 46.6. The lowest BCUT2D eigenvalue weighted by Crippen LogP contribution is -2.42. The van der Waals surface area contributed by atoms with E-state index in [2.05, 4.69) is 42.6 Å². The smallest absolute Gasteiger partial charge is 0.430 e. The molecule has 1 aromatic carbocycles. The molecule has 16 heteroatoms. The van der Waals surface area contributed by atoms with Crippen molar-refractivity contribution in [2.75, 3.05) is 26.5 Å². The Hall–Kier alpha value is -1.86. The number of hydrogen-bond donors (Lipinski definition) is 8. The number of quaternary nitrogens is 1. The second kappa shape index (κ2) is 14.0. The molecule has 1 fully saturated rings. The highest BCUT2D eigenvalue weighted by atomic mass is 79.9. The Labute approximate surface area is 205 Å². The lowest BCUT2D eigenvalue weighted by molar-refractivity contribution is -0.670. The van der Waals surface area contributed by atoms with Crippen LogP contribution in [0, 0.1) is 5.92 Å². The molecule has 0 spiro atoms. The van der Waals surface area contributed by atoms with Gasteiger partial charge >= 0.3 is 18.1 Å².